The van der Waals surface area contributed by atoms with E-state index in [1.54, 1.807) is 24.3 Å². The number of carbonyl (C=O) groups is 2. The topological polar surface area (TPSA) is 110 Å². The van der Waals surface area contributed by atoms with Crippen LogP contribution in [-0.4, -0.2) is 28.8 Å². The highest BCUT2D eigenvalue weighted by atomic mass is 16.6. The first kappa shape index (κ1) is 18.1. The lowest BCUT2D eigenvalue weighted by Gasteiger charge is -2.26. The number of nitro benzene ring substituents is 1. The average molecular weight is 368 g/mol. The summed E-state index contributed by atoms with van der Waals surface area (Å²) in [6, 6.07) is 11.2. The van der Waals surface area contributed by atoms with Gasteiger partial charge in [-0.25, -0.2) is 0 Å². The Kier molecular flexibility index (Phi) is 4.64. The summed E-state index contributed by atoms with van der Waals surface area (Å²) in [5.41, 5.74) is 0.757. The Morgan fingerprint density at radius 1 is 1.15 bits per heavy atom. The van der Waals surface area contributed by atoms with Crippen LogP contribution in [0.4, 0.5) is 11.4 Å². The highest BCUT2D eigenvalue weighted by Gasteiger charge is 2.43. The van der Waals surface area contributed by atoms with E-state index in [1.165, 1.54) is 43.2 Å². The second-order valence-electron chi connectivity index (χ2n) is 5.94. The number of benzene rings is 2. The molecule has 0 saturated carbocycles. The quantitative estimate of drug-likeness (QED) is 0.641. The molecule has 0 radical (unpaired) electrons. The van der Waals surface area contributed by atoms with Gasteiger partial charge in [-0.05, 0) is 48.9 Å². The number of aliphatic hydroxyl groups excluding tert-OH is 1. The Labute approximate surface area is 154 Å². The standard InChI is InChI=1S/C19H16N2O6/c1-11(22)16-17(12-3-5-14(6-4-12)21(25)26)20(19(24)18(16)23)13-7-9-15(27-2)10-8-13/h3-10,17,23H,1-2H3/t17-/m0/s1. The SMILES string of the molecule is COc1ccc(N2C(=O)C(O)=C(C(C)=O)[C@@H]2c2ccc([N+](=O)[O-])cc2)cc1. The van der Waals surface area contributed by atoms with Gasteiger partial charge in [-0.1, -0.05) is 0 Å². The molecule has 8 heteroatoms. The molecule has 1 amide bonds. The van der Waals surface area contributed by atoms with Crippen molar-refractivity contribution in [3.63, 3.8) is 0 Å². The molecular formula is C19H16N2O6. The van der Waals surface area contributed by atoms with Crippen LogP contribution in [0.1, 0.15) is 18.5 Å². The molecular weight excluding hydrogens is 352 g/mol. The molecule has 0 fully saturated rings. The summed E-state index contributed by atoms with van der Waals surface area (Å²) in [4.78, 5) is 36.4. The fourth-order valence-electron chi connectivity index (χ4n) is 3.07. The second-order valence-corrected chi connectivity index (χ2v) is 5.94. The molecule has 3 rings (SSSR count). The molecule has 138 valence electrons. The molecule has 2 aromatic carbocycles. The monoisotopic (exact) mass is 368 g/mol. The van der Waals surface area contributed by atoms with Crippen molar-refractivity contribution < 1.29 is 24.4 Å². The van der Waals surface area contributed by atoms with Gasteiger partial charge in [0.1, 0.15) is 5.75 Å². The molecule has 1 aliphatic heterocycles. The van der Waals surface area contributed by atoms with E-state index in [1.807, 2.05) is 0 Å². The van der Waals surface area contributed by atoms with Crippen molar-refractivity contribution in [2.45, 2.75) is 13.0 Å². The maximum atomic E-state index is 12.7. The number of aliphatic hydroxyl groups is 1. The van der Waals surface area contributed by atoms with E-state index in [-0.39, 0.29) is 11.3 Å². The van der Waals surface area contributed by atoms with Crippen LogP contribution in [0.5, 0.6) is 5.75 Å². The van der Waals surface area contributed by atoms with Crippen LogP contribution < -0.4 is 9.64 Å². The van der Waals surface area contributed by atoms with Gasteiger partial charge in [-0.2, -0.15) is 0 Å². The molecule has 2 aromatic rings. The van der Waals surface area contributed by atoms with Crippen molar-refractivity contribution in [1.29, 1.82) is 0 Å². The summed E-state index contributed by atoms with van der Waals surface area (Å²) in [5.74, 6) is -1.21. The molecule has 27 heavy (non-hydrogen) atoms. The molecule has 1 N–H and O–H groups in total. The summed E-state index contributed by atoms with van der Waals surface area (Å²) in [5, 5.41) is 21.2. The largest absolute Gasteiger partial charge is 0.503 e. The van der Waals surface area contributed by atoms with E-state index in [0.717, 1.165) is 0 Å². The number of hydrogen-bond donors (Lipinski definition) is 1. The van der Waals surface area contributed by atoms with Gasteiger partial charge in [-0.3, -0.25) is 24.6 Å². The first-order valence-electron chi connectivity index (χ1n) is 8.01. The summed E-state index contributed by atoms with van der Waals surface area (Å²) in [6.07, 6.45) is 0. The maximum absolute atomic E-state index is 12.7. The van der Waals surface area contributed by atoms with Gasteiger partial charge in [-0.15, -0.1) is 0 Å². The van der Waals surface area contributed by atoms with Crippen LogP contribution in [0, 0.1) is 10.1 Å². The number of ketones is 1. The zero-order valence-corrected chi connectivity index (χ0v) is 14.6. The minimum Gasteiger partial charge on any atom is -0.503 e. The van der Waals surface area contributed by atoms with Crippen LogP contribution in [0.3, 0.4) is 0 Å². The number of anilines is 1. The fourth-order valence-corrected chi connectivity index (χ4v) is 3.07. The van der Waals surface area contributed by atoms with E-state index >= 15 is 0 Å². The van der Waals surface area contributed by atoms with Gasteiger partial charge >= 0.3 is 0 Å². The Bertz CT molecular complexity index is 947. The van der Waals surface area contributed by atoms with E-state index < -0.39 is 28.4 Å². The zero-order chi connectivity index (χ0) is 19.7. The summed E-state index contributed by atoms with van der Waals surface area (Å²) in [6.45, 7) is 1.26. The third-order valence-electron chi connectivity index (χ3n) is 4.36. The van der Waals surface area contributed by atoms with E-state index in [0.29, 0.717) is 17.0 Å². The van der Waals surface area contributed by atoms with E-state index in [4.69, 9.17) is 4.74 Å². The number of carbonyl (C=O) groups excluding carboxylic acids is 2. The minimum atomic E-state index is -0.885. The second kappa shape index (κ2) is 6.91. The Morgan fingerprint density at radius 3 is 2.22 bits per heavy atom. The molecule has 8 nitrogen and oxygen atoms in total. The fraction of sp³-hybridized carbons (Fsp3) is 0.158. The number of amides is 1. The number of hydrogen-bond acceptors (Lipinski definition) is 6. The van der Waals surface area contributed by atoms with Gasteiger partial charge in [0.25, 0.3) is 11.6 Å². The lowest BCUT2D eigenvalue weighted by Crippen LogP contribution is -2.30. The number of rotatable bonds is 5. The predicted molar refractivity (Wildman–Crippen MR) is 96.7 cm³/mol. The van der Waals surface area contributed by atoms with Crippen molar-refractivity contribution in [3.05, 3.63) is 75.5 Å². The molecule has 0 saturated heterocycles. The number of ether oxygens (including phenoxy) is 1. The Hall–Kier alpha value is -3.68. The van der Waals surface area contributed by atoms with E-state index in [9.17, 15) is 24.8 Å². The number of non-ortho nitro benzene ring substituents is 1. The highest BCUT2D eigenvalue weighted by molar-refractivity contribution is 6.16. The minimum absolute atomic E-state index is 0.0512. The van der Waals surface area contributed by atoms with Crippen LogP contribution in [0.2, 0.25) is 0 Å². The smallest absolute Gasteiger partial charge is 0.294 e. The Balaban J connectivity index is 2.11. The molecule has 0 aromatic heterocycles. The number of nitrogens with zero attached hydrogens (tertiary/aromatic N) is 2. The summed E-state index contributed by atoms with van der Waals surface area (Å²) >= 11 is 0. The third-order valence-corrected chi connectivity index (χ3v) is 4.36. The van der Waals surface area contributed by atoms with Crippen molar-refractivity contribution >= 4 is 23.1 Å². The number of methoxy groups -OCH3 is 1. The predicted octanol–water partition coefficient (Wildman–Crippen LogP) is 3.09. The summed E-state index contributed by atoms with van der Waals surface area (Å²) in [7, 11) is 1.51. The lowest BCUT2D eigenvalue weighted by molar-refractivity contribution is -0.384. The number of nitro groups is 1. The van der Waals surface area contributed by atoms with Crippen LogP contribution in [0.25, 0.3) is 0 Å². The van der Waals surface area contributed by atoms with Crippen LogP contribution in [-0.2, 0) is 9.59 Å². The first-order chi connectivity index (χ1) is 12.8. The van der Waals surface area contributed by atoms with Crippen molar-refractivity contribution in [1.82, 2.24) is 0 Å². The summed E-state index contributed by atoms with van der Waals surface area (Å²) < 4.78 is 5.11. The Morgan fingerprint density at radius 2 is 1.74 bits per heavy atom. The molecule has 0 bridgehead atoms. The molecule has 0 aliphatic carbocycles. The molecule has 0 unspecified atom stereocenters. The van der Waals surface area contributed by atoms with Crippen molar-refractivity contribution in [2.24, 2.45) is 0 Å². The molecule has 0 spiro atoms. The molecule has 1 aliphatic rings. The maximum Gasteiger partial charge on any atom is 0.294 e. The van der Waals surface area contributed by atoms with Gasteiger partial charge in [0.15, 0.2) is 11.5 Å². The van der Waals surface area contributed by atoms with Crippen LogP contribution in [0.15, 0.2) is 59.9 Å². The van der Waals surface area contributed by atoms with Gasteiger partial charge in [0.2, 0.25) is 0 Å². The van der Waals surface area contributed by atoms with Crippen molar-refractivity contribution in [3.8, 4) is 5.75 Å². The lowest BCUT2D eigenvalue weighted by atomic mass is 9.96. The normalized spacial score (nSPS) is 16.6. The van der Waals surface area contributed by atoms with Crippen molar-refractivity contribution in [2.75, 3.05) is 12.0 Å². The first-order valence-corrected chi connectivity index (χ1v) is 8.01. The van der Waals surface area contributed by atoms with Gasteiger partial charge in [0, 0.05) is 17.8 Å². The van der Waals surface area contributed by atoms with Gasteiger partial charge in [0.05, 0.1) is 23.6 Å². The third kappa shape index (κ3) is 3.12. The molecule has 1 heterocycles. The van der Waals surface area contributed by atoms with Crippen LogP contribution >= 0.6 is 0 Å². The average Bonchev–Trinajstić information content (AvgIpc) is 2.93. The van der Waals surface area contributed by atoms with E-state index in [2.05, 4.69) is 0 Å². The number of Topliss-reactive ketones (excluding diaryl/α,β-unsaturated/α-hetero) is 1. The van der Waals surface area contributed by atoms with Gasteiger partial charge < -0.3 is 9.84 Å². The highest BCUT2D eigenvalue weighted by Crippen LogP contribution is 2.41. The zero-order valence-electron chi connectivity index (χ0n) is 14.6. The molecule has 1 atom stereocenters.